The lowest BCUT2D eigenvalue weighted by molar-refractivity contribution is 0.0694. The molecule has 120 valence electrons. The summed E-state index contributed by atoms with van der Waals surface area (Å²) in [6, 6.07) is 12.4. The highest BCUT2D eigenvalue weighted by Crippen LogP contribution is 2.21. The molecule has 1 N–H and O–H groups in total. The molecule has 0 fully saturated rings. The Labute approximate surface area is 133 Å². The summed E-state index contributed by atoms with van der Waals surface area (Å²) in [5.41, 5.74) is 1.59. The van der Waals surface area contributed by atoms with Crippen molar-refractivity contribution in [1.29, 1.82) is 0 Å². The Morgan fingerprint density at radius 3 is 2.22 bits per heavy atom. The molecule has 0 bridgehead atoms. The van der Waals surface area contributed by atoms with Gasteiger partial charge in [-0.2, -0.15) is 8.42 Å². The summed E-state index contributed by atoms with van der Waals surface area (Å²) >= 11 is 0. The summed E-state index contributed by atoms with van der Waals surface area (Å²) in [5.74, 6) is -2.27. The van der Waals surface area contributed by atoms with Crippen molar-refractivity contribution in [2.75, 3.05) is 5.75 Å². The summed E-state index contributed by atoms with van der Waals surface area (Å²) < 4.78 is 27.2. The van der Waals surface area contributed by atoms with Gasteiger partial charge in [0.15, 0.2) is 0 Å². The van der Waals surface area contributed by atoms with Crippen LogP contribution in [0.2, 0.25) is 0 Å². The van der Waals surface area contributed by atoms with E-state index in [0.717, 1.165) is 0 Å². The van der Waals surface area contributed by atoms with Gasteiger partial charge in [0.1, 0.15) is 0 Å². The smallest absolute Gasteiger partial charge is 0.353 e. The van der Waals surface area contributed by atoms with Gasteiger partial charge in [-0.05, 0) is 42.3 Å². The molecule has 0 heterocycles. The van der Waals surface area contributed by atoms with Gasteiger partial charge in [0.25, 0.3) is 0 Å². The highest BCUT2D eigenvalue weighted by Gasteiger charge is 2.17. The minimum Gasteiger partial charge on any atom is -0.478 e. The normalized spacial score (nSPS) is 11.0. The van der Waals surface area contributed by atoms with Crippen LogP contribution in [-0.2, 0) is 14.3 Å². The third kappa shape index (κ3) is 4.17. The molecule has 0 aliphatic heterocycles. The van der Waals surface area contributed by atoms with Crippen molar-refractivity contribution >= 4 is 22.1 Å². The van der Waals surface area contributed by atoms with E-state index in [1.165, 1.54) is 31.2 Å². The first kappa shape index (κ1) is 16.7. The van der Waals surface area contributed by atoms with E-state index in [1.54, 1.807) is 24.3 Å². The number of hydrogen-bond acceptors (Lipinski definition) is 5. The van der Waals surface area contributed by atoms with Crippen LogP contribution in [-0.4, -0.2) is 31.2 Å². The molecule has 0 unspecified atom stereocenters. The number of hydrogen-bond donors (Lipinski definition) is 1. The maximum atomic E-state index is 11.9. The zero-order chi connectivity index (χ0) is 17.0. The molecule has 0 aliphatic carbocycles. The average molecular weight is 334 g/mol. The Balaban J connectivity index is 2.29. The second kappa shape index (κ2) is 6.62. The summed E-state index contributed by atoms with van der Waals surface area (Å²) in [6.07, 6.45) is 0. The second-order valence-corrected chi connectivity index (χ2v) is 6.54. The Hall–Kier alpha value is -2.67. The van der Waals surface area contributed by atoms with Crippen LogP contribution >= 0.6 is 0 Å². The lowest BCUT2D eigenvalue weighted by Gasteiger charge is -2.06. The van der Waals surface area contributed by atoms with Crippen LogP contribution < -0.4 is 0 Å². The van der Waals surface area contributed by atoms with Crippen molar-refractivity contribution in [3.8, 4) is 11.1 Å². The van der Waals surface area contributed by atoms with Crippen LogP contribution in [0, 0.1) is 0 Å². The average Bonchev–Trinajstić information content (AvgIpc) is 2.54. The maximum Gasteiger partial charge on any atom is 0.353 e. The van der Waals surface area contributed by atoms with E-state index < -0.39 is 22.1 Å². The topological polar surface area (TPSA) is 97.7 Å². The van der Waals surface area contributed by atoms with Gasteiger partial charge >= 0.3 is 22.1 Å². The van der Waals surface area contributed by atoms with Gasteiger partial charge < -0.3 is 9.29 Å². The molecule has 23 heavy (non-hydrogen) atoms. The molecule has 2 aromatic rings. The van der Waals surface area contributed by atoms with Crippen LogP contribution in [0.5, 0.6) is 0 Å². The van der Waals surface area contributed by atoms with E-state index >= 15 is 0 Å². The standard InChI is InChI=1S/C16H14O6S/c1-2-23(20,21)22-16(19)14-5-3-4-13(10-14)11-6-8-12(9-7-11)15(17)18/h3-10H,2H2,1H3,(H,17,18). The fourth-order valence-electron chi connectivity index (χ4n) is 1.85. The van der Waals surface area contributed by atoms with Crippen molar-refractivity contribution in [3.05, 3.63) is 59.7 Å². The molecule has 0 radical (unpaired) electrons. The molecule has 0 spiro atoms. The molecule has 7 heteroatoms. The van der Waals surface area contributed by atoms with Crippen molar-refractivity contribution in [1.82, 2.24) is 0 Å². The zero-order valence-electron chi connectivity index (χ0n) is 12.2. The van der Waals surface area contributed by atoms with Gasteiger partial charge in [0, 0.05) is 0 Å². The van der Waals surface area contributed by atoms with Crippen LogP contribution in [0.15, 0.2) is 48.5 Å². The highest BCUT2D eigenvalue weighted by molar-refractivity contribution is 7.87. The lowest BCUT2D eigenvalue weighted by Crippen LogP contribution is -2.14. The monoisotopic (exact) mass is 334 g/mol. The fourth-order valence-corrected chi connectivity index (χ4v) is 2.30. The van der Waals surface area contributed by atoms with Crippen LogP contribution in [0.3, 0.4) is 0 Å². The Morgan fingerprint density at radius 1 is 1.00 bits per heavy atom. The lowest BCUT2D eigenvalue weighted by atomic mass is 10.0. The van der Waals surface area contributed by atoms with Gasteiger partial charge in [-0.3, -0.25) is 0 Å². The second-order valence-electron chi connectivity index (χ2n) is 4.68. The van der Waals surface area contributed by atoms with Gasteiger partial charge in [-0.25, -0.2) is 9.59 Å². The molecule has 0 saturated carbocycles. The molecule has 2 aromatic carbocycles. The minimum absolute atomic E-state index is 0.0989. The van der Waals surface area contributed by atoms with Crippen LogP contribution in [0.1, 0.15) is 27.6 Å². The number of carbonyl (C=O) groups is 2. The van der Waals surface area contributed by atoms with E-state index in [-0.39, 0.29) is 16.9 Å². The fraction of sp³-hybridized carbons (Fsp3) is 0.125. The zero-order valence-corrected chi connectivity index (χ0v) is 13.0. The first-order valence-corrected chi connectivity index (χ1v) is 8.30. The van der Waals surface area contributed by atoms with E-state index in [1.807, 2.05) is 0 Å². The van der Waals surface area contributed by atoms with Gasteiger partial charge in [0.2, 0.25) is 0 Å². The van der Waals surface area contributed by atoms with Gasteiger partial charge in [-0.15, -0.1) is 0 Å². The van der Waals surface area contributed by atoms with Crippen molar-refractivity contribution in [3.63, 3.8) is 0 Å². The van der Waals surface area contributed by atoms with Gasteiger partial charge in [0.05, 0.1) is 16.9 Å². The molecule has 2 rings (SSSR count). The van der Waals surface area contributed by atoms with E-state index in [9.17, 15) is 18.0 Å². The molecule has 0 saturated heterocycles. The first-order chi connectivity index (χ1) is 10.8. The number of carboxylic acids is 1. The number of benzene rings is 2. The summed E-state index contributed by atoms with van der Waals surface area (Å²) in [6.45, 7) is 1.38. The molecule has 0 amide bonds. The molecule has 0 aromatic heterocycles. The molecular formula is C16H14O6S. The third-order valence-corrected chi connectivity index (χ3v) is 4.23. The largest absolute Gasteiger partial charge is 0.478 e. The predicted molar refractivity (Wildman–Crippen MR) is 83.7 cm³/mol. The third-order valence-electron chi connectivity index (χ3n) is 3.12. The molecule has 0 atom stereocenters. The predicted octanol–water partition coefficient (Wildman–Crippen LogP) is 2.56. The molecule has 6 nitrogen and oxygen atoms in total. The Morgan fingerprint density at radius 2 is 1.65 bits per heavy atom. The number of carboxylic acid groups (broad SMARTS) is 1. The minimum atomic E-state index is -3.87. The number of carbonyl (C=O) groups excluding carboxylic acids is 1. The Bertz CT molecular complexity index is 837. The highest BCUT2D eigenvalue weighted by atomic mass is 32.2. The summed E-state index contributed by atoms with van der Waals surface area (Å²) in [5, 5.41) is 8.88. The van der Waals surface area contributed by atoms with E-state index in [4.69, 9.17) is 5.11 Å². The SMILES string of the molecule is CCS(=O)(=O)OC(=O)c1cccc(-c2ccc(C(=O)O)cc2)c1. The van der Waals surface area contributed by atoms with Crippen molar-refractivity contribution in [2.45, 2.75) is 6.92 Å². The van der Waals surface area contributed by atoms with Crippen molar-refractivity contribution < 1.29 is 27.3 Å². The van der Waals surface area contributed by atoms with Gasteiger partial charge in [-0.1, -0.05) is 24.3 Å². The van der Waals surface area contributed by atoms with Crippen LogP contribution in [0.4, 0.5) is 0 Å². The first-order valence-electron chi connectivity index (χ1n) is 6.72. The van der Waals surface area contributed by atoms with E-state index in [0.29, 0.717) is 11.1 Å². The van der Waals surface area contributed by atoms with Crippen molar-refractivity contribution in [2.24, 2.45) is 0 Å². The Kier molecular flexibility index (Phi) is 4.80. The number of aromatic carboxylic acids is 1. The van der Waals surface area contributed by atoms with E-state index in [2.05, 4.69) is 4.18 Å². The quantitative estimate of drug-likeness (QED) is 0.844. The van der Waals surface area contributed by atoms with Crippen LogP contribution in [0.25, 0.3) is 11.1 Å². The maximum absolute atomic E-state index is 11.9. The molecular weight excluding hydrogens is 320 g/mol. The molecule has 0 aliphatic rings. The number of rotatable bonds is 5. The summed E-state index contributed by atoms with van der Waals surface area (Å²) in [4.78, 5) is 22.7. The summed E-state index contributed by atoms with van der Waals surface area (Å²) in [7, 11) is -3.87.